The minimum atomic E-state index is -0.617. The molecule has 0 bridgehead atoms. The number of amidine groups is 1. The van der Waals surface area contributed by atoms with Crippen molar-refractivity contribution >= 4 is 17.4 Å². The lowest BCUT2D eigenvalue weighted by molar-refractivity contribution is 0.318. The Labute approximate surface area is 118 Å². The van der Waals surface area contributed by atoms with Crippen LogP contribution in [0, 0.1) is 12.7 Å². The van der Waals surface area contributed by atoms with Gasteiger partial charge in [-0.25, -0.2) is 9.37 Å². The Hall–Kier alpha value is -2.41. The number of rotatable bonds is 3. The van der Waals surface area contributed by atoms with Crippen LogP contribution in [-0.2, 0) is 0 Å². The number of benzene rings is 1. The summed E-state index contributed by atoms with van der Waals surface area (Å²) in [6.45, 7) is 1.69. The van der Waals surface area contributed by atoms with Crippen LogP contribution in [0.1, 0.15) is 11.4 Å². The number of hydrogen-bond donors (Lipinski definition) is 2. The molecule has 20 heavy (non-hydrogen) atoms. The Balaban J connectivity index is 2.33. The van der Waals surface area contributed by atoms with E-state index in [4.69, 9.17) is 27.3 Å². The quantitative estimate of drug-likeness (QED) is 0.393. The van der Waals surface area contributed by atoms with Gasteiger partial charge in [-0.15, -0.1) is 0 Å². The van der Waals surface area contributed by atoms with Crippen molar-refractivity contribution in [2.45, 2.75) is 6.92 Å². The average molecular weight is 297 g/mol. The van der Waals surface area contributed by atoms with Gasteiger partial charge in [0, 0.05) is 11.8 Å². The monoisotopic (exact) mass is 296 g/mol. The van der Waals surface area contributed by atoms with Crippen LogP contribution < -0.4 is 10.5 Å². The summed E-state index contributed by atoms with van der Waals surface area (Å²) in [5, 5.41) is 11.5. The highest BCUT2D eigenvalue weighted by atomic mass is 35.5. The number of halogens is 2. The second kappa shape index (κ2) is 5.70. The zero-order valence-corrected chi connectivity index (χ0v) is 11.1. The van der Waals surface area contributed by atoms with Crippen molar-refractivity contribution in [3.63, 3.8) is 0 Å². The smallest absolute Gasteiger partial charge is 0.322 e. The minimum Gasteiger partial charge on any atom is -0.424 e. The standard InChI is InChI=1S/C12H10ClFN4O2/c1-6-4-10(11(15)18-19)17-12(16-6)20-7-2-3-8(13)9(14)5-7/h2-5,19H,1H3,(H2,15,18). The highest BCUT2D eigenvalue weighted by Crippen LogP contribution is 2.23. The van der Waals surface area contributed by atoms with Crippen molar-refractivity contribution in [3.8, 4) is 11.8 Å². The Kier molecular flexibility index (Phi) is 3.99. The first kappa shape index (κ1) is 14.0. The first-order valence-electron chi connectivity index (χ1n) is 5.46. The molecule has 2 aromatic rings. The number of oxime groups is 1. The predicted octanol–water partition coefficient (Wildman–Crippen LogP) is 2.46. The molecule has 8 heteroatoms. The highest BCUT2D eigenvalue weighted by molar-refractivity contribution is 6.30. The number of ether oxygens (including phenoxy) is 1. The van der Waals surface area contributed by atoms with E-state index in [1.54, 1.807) is 6.92 Å². The number of aromatic nitrogens is 2. The normalized spacial score (nSPS) is 11.4. The van der Waals surface area contributed by atoms with Crippen LogP contribution in [0.15, 0.2) is 29.4 Å². The van der Waals surface area contributed by atoms with Gasteiger partial charge in [-0.3, -0.25) is 0 Å². The van der Waals surface area contributed by atoms with Crippen molar-refractivity contribution < 1.29 is 14.3 Å². The third kappa shape index (κ3) is 3.12. The first-order valence-corrected chi connectivity index (χ1v) is 5.84. The molecule has 2 rings (SSSR count). The first-order chi connectivity index (χ1) is 9.49. The molecule has 0 amide bonds. The van der Waals surface area contributed by atoms with Gasteiger partial charge in [0.15, 0.2) is 5.84 Å². The van der Waals surface area contributed by atoms with Crippen molar-refractivity contribution in [1.29, 1.82) is 0 Å². The van der Waals surface area contributed by atoms with E-state index < -0.39 is 5.82 Å². The van der Waals surface area contributed by atoms with E-state index in [2.05, 4.69) is 15.1 Å². The molecule has 104 valence electrons. The van der Waals surface area contributed by atoms with Gasteiger partial charge >= 0.3 is 6.01 Å². The molecule has 0 unspecified atom stereocenters. The van der Waals surface area contributed by atoms with Crippen molar-refractivity contribution in [3.05, 3.63) is 46.5 Å². The van der Waals surface area contributed by atoms with Crippen LogP contribution >= 0.6 is 11.6 Å². The largest absolute Gasteiger partial charge is 0.424 e. The zero-order valence-electron chi connectivity index (χ0n) is 10.3. The third-order valence-electron chi connectivity index (χ3n) is 2.30. The third-order valence-corrected chi connectivity index (χ3v) is 2.61. The van der Waals surface area contributed by atoms with Crippen molar-refractivity contribution in [1.82, 2.24) is 9.97 Å². The van der Waals surface area contributed by atoms with Gasteiger partial charge in [-0.2, -0.15) is 4.98 Å². The molecule has 0 saturated carbocycles. The minimum absolute atomic E-state index is 0.0140. The molecule has 1 heterocycles. The summed E-state index contributed by atoms with van der Waals surface area (Å²) < 4.78 is 18.6. The van der Waals surface area contributed by atoms with Crippen LogP contribution in [0.4, 0.5) is 4.39 Å². The summed E-state index contributed by atoms with van der Waals surface area (Å²) in [7, 11) is 0. The van der Waals surface area contributed by atoms with Crippen LogP contribution in [-0.4, -0.2) is 21.0 Å². The van der Waals surface area contributed by atoms with Crippen LogP contribution in [0.25, 0.3) is 0 Å². The van der Waals surface area contributed by atoms with E-state index in [1.807, 2.05) is 0 Å². The fourth-order valence-corrected chi connectivity index (χ4v) is 1.53. The molecule has 3 N–H and O–H groups in total. The molecule has 0 fully saturated rings. The maximum absolute atomic E-state index is 13.3. The van der Waals surface area contributed by atoms with Crippen molar-refractivity contribution in [2.24, 2.45) is 10.9 Å². The lowest BCUT2D eigenvalue weighted by Crippen LogP contribution is -2.16. The number of nitrogens with two attached hydrogens (primary N) is 1. The highest BCUT2D eigenvalue weighted by Gasteiger charge is 2.09. The van der Waals surface area contributed by atoms with E-state index >= 15 is 0 Å². The lowest BCUT2D eigenvalue weighted by Gasteiger charge is -2.07. The summed E-state index contributed by atoms with van der Waals surface area (Å²) in [5.41, 5.74) is 6.19. The molecule has 6 nitrogen and oxygen atoms in total. The fourth-order valence-electron chi connectivity index (χ4n) is 1.42. The van der Waals surface area contributed by atoms with Crippen LogP contribution in [0.3, 0.4) is 0 Å². The molecule has 0 aliphatic heterocycles. The molecule has 0 aliphatic rings. The average Bonchev–Trinajstić information content (AvgIpc) is 2.41. The van der Waals surface area contributed by atoms with Gasteiger partial charge in [0.05, 0.1) is 5.02 Å². The van der Waals surface area contributed by atoms with E-state index in [9.17, 15) is 4.39 Å². The Morgan fingerprint density at radius 2 is 2.15 bits per heavy atom. The number of hydrogen-bond acceptors (Lipinski definition) is 5. The summed E-state index contributed by atoms with van der Waals surface area (Å²) >= 11 is 5.57. The number of nitrogens with zero attached hydrogens (tertiary/aromatic N) is 3. The second-order valence-corrected chi connectivity index (χ2v) is 4.25. The van der Waals surface area contributed by atoms with Crippen molar-refractivity contribution in [2.75, 3.05) is 0 Å². The van der Waals surface area contributed by atoms with Gasteiger partial charge in [-0.1, -0.05) is 16.8 Å². The summed E-state index contributed by atoms with van der Waals surface area (Å²) in [6.07, 6.45) is 0. The molecule has 0 spiro atoms. The Bertz CT molecular complexity index is 679. The van der Waals surface area contributed by atoms with E-state index in [1.165, 1.54) is 18.2 Å². The summed E-state index contributed by atoms with van der Waals surface area (Å²) in [4.78, 5) is 7.96. The van der Waals surface area contributed by atoms with Crippen LogP contribution in [0.5, 0.6) is 11.8 Å². The molecular formula is C12H10ClFN4O2. The maximum Gasteiger partial charge on any atom is 0.322 e. The van der Waals surface area contributed by atoms with E-state index in [0.717, 1.165) is 6.07 Å². The summed E-state index contributed by atoms with van der Waals surface area (Å²) in [5.74, 6) is -0.612. The Morgan fingerprint density at radius 3 is 2.80 bits per heavy atom. The molecule has 1 aromatic carbocycles. The van der Waals surface area contributed by atoms with Gasteiger partial charge in [-0.05, 0) is 25.1 Å². The maximum atomic E-state index is 13.3. The zero-order chi connectivity index (χ0) is 14.7. The predicted molar refractivity (Wildman–Crippen MR) is 70.8 cm³/mol. The fraction of sp³-hybridized carbons (Fsp3) is 0.0833. The van der Waals surface area contributed by atoms with E-state index in [0.29, 0.717) is 5.69 Å². The molecule has 0 atom stereocenters. The molecular weight excluding hydrogens is 287 g/mol. The van der Waals surface area contributed by atoms with Gasteiger partial charge in [0.25, 0.3) is 0 Å². The summed E-state index contributed by atoms with van der Waals surface area (Å²) in [6, 6.07) is 5.40. The lowest BCUT2D eigenvalue weighted by atomic mass is 10.3. The molecule has 0 radical (unpaired) electrons. The molecule has 0 saturated heterocycles. The Morgan fingerprint density at radius 1 is 1.40 bits per heavy atom. The molecule has 1 aromatic heterocycles. The van der Waals surface area contributed by atoms with Gasteiger partial charge in [0.2, 0.25) is 0 Å². The van der Waals surface area contributed by atoms with Crippen LogP contribution in [0.2, 0.25) is 5.02 Å². The second-order valence-electron chi connectivity index (χ2n) is 3.84. The molecule has 0 aliphatic carbocycles. The van der Waals surface area contributed by atoms with Gasteiger partial charge < -0.3 is 15.7 Å². The van der Waals surface area contributed by atoms with E-state index in [-0.39, 0.29) is 28.3 Å². The SMILES string of the molecule is Cc1cc(/C(N)=N/O)nc(Oc2ccc(Cl)c(F)c2)n1. The number of aryl methyl sites for hydroxylation is 1. The van der Waals surface area contributed by atoms with Gasteiger partial charge in [0.1, 0.15) is 17.3 Å². The topological polar surface area (TPSA) is 93.6 Å².